The van der Waals surface area contributed by atoms with E-state index in [1.54, 1.807) is 0 Å². The van der Waals surface area contributed by atoms with Gasteiger partial charge in [-0.15, -0.1) is 0 Å². The van der Waals surface area contributed by atoms with Crippen LogP contribution in [0.4, 0.5) is 0 Å². The first-order chi connectivity index (χ1) is 18.3. The largest absolute Gasteiger partial charge is 0.253 e. The number of fused-ring (bicyclic) bond motifs is 3. The first-order valence-corrected chi connectivity index (χ1v) is 12.4. The molecular formula is C33H22N4. The van der Waals surface area contributed by atoms with Gasteiger partial charge < -0.3 is 0 Å². The molecule has 2 aromatic heterocycles. The second-order valence-electron chi connectivity index (χ2n) is 9.17. The third kappa shape index (κ3) is 3.99. The molecule has 1 aliphatic carbocycles. The Labute approximate surface area is 215 Å². The third-order valence-corrected chi connectivity index (χ3v) is 6.82. The first-order valence-electron chi connectivity index (χ1n) is 12.4. The number of benzene rings is 4. The second-order valence-corrected chi connectivity index (χ2v) is 9.17. The summed E-state index contributed by atoms with van der Waals surface area (Å²) in [7, 11) is 0. The minimum Gasteiger partial charge on any atom is -0.253 e. The minimum atomic E-state index is 0.558. The number of aromatic nitrogens is 4. The predicted molar refractivity (Wildman–Crippen MR) is 148 cm³/mol. The fraction of sp³-hybridized carbons (Fsp3) is 0.0303. The lowest BCUT2D eigenvalue weighted by molar-refractivity contribution is 1.06. The Bertz CT molecular complexity index is 1690. The van der Waals surface area contributed by atoms with E-state index in [-0.39, 0.29) is 0 Å². The van der Waals surface area contributed by atoms with E-state index in [1.165, 1.54) is 22.3 Å². The molecule has 0 unspecified atom stereocenters. The van der Waals surface area contributed by atoms with E-state index in [4.69, 9.17) is 15.0 Å². The normalized spacial score (nSPS) is 11.7. The standard InChI is InChI=1S/C33H22N4/c1-3-9-22(10-4-1)31-35-32(23-11-5-2-6-12-23)37-33(36-31)30-21-25(17-18-34-30)24-15-16-29-27(19-24)20-26-13-7-8-14-28(26)29/h1-19,21H,20H2. The van der Waals surface area contributed by atoms with E-state index in [0.717, 1.165) is 34.4 Å². The molecule has 0 spiro atoms. The highest BCUT2D eigenvalue weighted by Crippen LogP contribution is 2.38. The lowest BCUT2D eigenvalue weighted by Gasteiger charge is -2.10. The van der Waals surface area contributed by atoms with E-state index in [1.807, 2.05) is 72.9 Å². The number of rotatable bonds is 4. The fourth-order valence-corrected chi connectivity index (χ4v) is 4.98. The summed E-state index contributed by atoms with van der Waals surface area (Å²) in [6.07, 6.45) is 2.80. The number of hydrogen-bond acceptors (Lipinski definition) is 4. The van der Waals surface area contributed by atoms with E-state index in [9.17, 15) is 0 Å². The van der Waals surface area contributed by atoms with Crippen molar-refractivity contribution in [3.8, 4) is 56.5 Å². The van der Waals surface area contributed by atoms with Gasteiger partial charge >= 0.3 is 0 Å². The van der Waals surface area contributed by atoms with Gasteiger partial charge in [0.25, 0.3) is 0 Å². The Balaban J connectivity index is 1.32. The van der Waals surface area contributed by atoms with Gasteiger partial charge in [-0.3, -0.25) is 4.98 Å². The molecule has 0 N–H and O–H groups in total. The van der Waals surface area contributed by atoms with Crippen molar-refractivity contribution in [2.24, 2.45) is 0 Å². The van der Waals surface area contributed by atoms with Crippen molar-refractivity contribution in [2.45, 2.75) is 6.42 Å². The lowest BCUT2D eigenvalue weighted by Crippen LogP contribution is -2.01. The Hall–Kier alpha value is -4.96. The van der Waals surface area contributed by atoms with Gasteiger partial charge in [0.15, 0.2) is 17.5 Å². The summed E-state index contributed by atoms with van der Waals surface area (Å²) >= 11 is 0. The molecule has 0 bridgehead atoms. The summed E-state index contributed by atoms with van der Waals surface area (Å²) in [6.45, 7) is 0. The molecule has 0 radical (unpaired) electrons. The van der Waals surface area contributed by atoms with Gasteiger partial charge in [-0.25, -0.2) is 15.0 Å². The van der Waals surface area contributed by atoms with Crippen molar-refractivity contribution in [3.05, 3.63) is 133 Å². The quantitative estimate of drug-likeness (QED) is 0.265. The third-order valence-electron chi connectivity index (χ3n) is 6.82. The van der Waals surface area contributed by atoms with Crippen LogP contribution in [-0.4, -0.2) is 19.9 Å². The van der Waals surface area contributed by atoms with Crippen LogP contribution < -0.4 is 0 Å². The summed E-state index contributed by atoms with van der Waals surface area (Å²) in [5, 5.41) is 0. The zero-order valence-corrected chi connectivity index (χ0v) is 20.0. The van der Waals surface area contributed by atoms with Crippen LogP contribution in [-0.2, 0) is 6.42 Å². The smallest absolute Gasteiger partial charge is 0.182 e. The molecule has 0 amide bonds. The van der Waals surface area contributed by atoms with Crippen LogP contribution >= 0.6 is 0 Å². The van der Waals surface area contributed by atoms with Crippen molar-refractivity contribution in [3.63, 3.8) is 0 Å². The molecule has 4 nitrogen and oxygen atoms in total. The van der Waals surface area contributed by atoms with Crippen molar-refractivity contribution < 1.29 is 0 Å². The van der Waals surface area contributed by atoms with Gasteiger partial charge in [-0.05, 0) is 51.9 Å². The van der Waals surface area contributed by atoms with Gasteiger partial charge in [-0.2, -0.15) is 0 Å². The highest BCUT2D eigenvalue weighted by atomic mass is 15.0. The minimum absolute atomic E-state index is 0.558. The van der Waals surface area contributed by atoms with Gasteiger partial charge in [0.2, 0.25) is 0 Å². The zero-order chi connectivity index (χ0) is 24.6. The molecule has 0 aliphatic heterocycles. The molecule has 0 atom stereocenters. The highest BCUT2D eigenvalue weighted by Gasteiger charge is 2.19. The van der Waals surface area contributed by atoms with E-state index >= 15 is 0 Å². The molecule has 6 aromatic rings. The Kier molecular flexibility index (Phi) is 5.14. The topological polar surface area (TPSA) is 51.6 Å². The van der Waals surface area contributed by atoms with Gasteiger partial charge in [0.1, 0.15) is 5.69 Å². The summed E-state index contributed by atoms with van der Waals surface area (Å²) in [5.41, 5.74) is 10.3. The molecule has 7 rings (SSSR count). The Morgan fingerprint density at radius 2 is 1.03 bits per heavy atom. The van der Waals surface area contributed by atoms with Gasteiger partial charge in [-0.1, -0.05) is 103 Å². The summed E-state index contributed by atoms with van der Waals surface area (Å²) < 4.78 is 0. The van der Waals surface area contributed by atoms with Crippen LogP contribution in [0.15, 0.2) is 121 Å². The van der Waals surface area contributed by atoms with Crippen LogP contribution in [0.3, 0.4) is 0 Å². The summed E-state index contributed by atoms with van der Waals surface area (Å²) in [4.78, 5) is 19.1. The van der Waals surface area contributed by atoms with Crippen LogP contribution in [0, 0.1) is 0 Å². The van der Waals surface area contributed by atoms with Crippen molar-refractivity contribution >= 4 is 0 Å². The molecule has 0 fully saturated rings. The molecule has 0 saturated heterocycles. The van der Waals surface area contributed by atoms with Crippen molar-refractivity contribution in [2.75, 3.05) is 0 Å². The van der Waals surface area contributed by atoms with Crippen LogP contribution in [0.5, 0.6) is 0 Å². The number of nitrogens with zero attached hydrogens (tertiary/aromatic N) is 4. The lowest BCUT2D eigenvalue weighted by atomic mass is 9.99. The van der Waals surface area contributed by atoms with Crippen LogP contribution in [0.25, 0.3) is 56.5 Å². The fourth-order valence-electron chi connectivity index (χ4n) is 4.98. The molecule has 0 saturated carbocycles. The number of hydrogen-bond donors (Lipinski definition) is 0. The molecule has 4 heteroatoms. The molecule has 37 heavy (non-hydrogen) atoms. The highest BCUT2D eigenvalue weighted by molar-refractivity contribution is 5.80. The molecule has 2 heterocycles. The monoisotopic (exact) mass is 474 g/mol. The average Bonchev–Trinajstić information content (AvgIpc) is 3.36. The average molecular weight is 475 g/mol. The predicted octanol–water partition coefficient (Wildman–Crippen LogP) is 7.51. The summed E-state index contributed by atoms with van der Waals surface area (Å²) in [6, 6.07) is 39.5. The maximum Gasteiger partial charge on any atom is 0.182 e. The van der Waals surface area contributed by atoms with Crippen molar-refractivity contribution in [1.82, 2.24) is 19.9 Å². The molecule has 4 aromatic carbocycles. The maximum absolute atomic E-state index is 4.83. The number of pyridine rings is 1. The molecular weight excluding hydrogens is 452 g/mol. The van der Waals surface area contributed by atoms with Crippen molar-refractivity contribution in [1.29, 1.82) is 0 Å². The van der Waals surface area contributed by atoms with E-state index < -0.39 is 0 Å². The van der Waals surface area contributed by atoms with Gasteiger partial charge in [0, 0.05) is 17.3 Å². The van der Waals surface area contributed by atoms with E-state index in [0.29, 0.717) is 17.5 Å². The van der Waals surface area contributed by atoms with E-state index in [2.05, 4.69) is 53.5 Å². The molecule has 1 aliphatic rings. The first kappa shape index (κ1) is 21.3. The Morgan fingerprint density at radius 3 is 1.76 bits per heavy atom. The van der Waals surface area contributed by atoms with Gasteiger partial charge in [0.05, 0.1) is 0 Å². The van der Waals surface area contributed by atoms with Crippen LogP contribution in [0.2, 0.25) is 0 Å². The zero-order valence-electron chi connectivity index (χ0n) is 20.0. The Morgan fingerprint density at radius 1 is 0.432 bits per heavy atom. The SMILES string of the molecule is c1ccc(-c2nc(-c3ccccc3)nc(-c3cc(-c4ccc5c(c4)Cc4ccccc4-5)ccn3)n2)cc1. The second kappa shape index (κ2) is 8.92. The molecule has 174 valence electrons. The summed E-state index contributed by atoms with van der Waals surface area (Å²) in [5.74, 6) is 1.82. The van der Waals surface area contributed by atoms with Crippen LogP contribution in [0.1, 0.15) is 11.1 Å². The maximum atomic E-state index is 4.83.